The SMILES string of the molecule is COc1ccc(S(=O)(=O)N[C@@H](C)c2cc(C)ccc2C)c(C)c1C. The van der Waals surface area contributed by atoms with E-state index in [4.69, 9.17) is 4.74 Å². The summed E-state index contributed by atoms with van der Waals surface area (Å²) in [6.45, 7) is 9.52. The third-order valence-electron chi connectivity index (χ3n) is 4.43. The van der Waals surface area contributed by atoms with Crippen molar-refractivity contribution >= 4 is 10.0 Å². The van der Waals surface area contributed by atoms with Crippen LogP contribution < -0.4 is 9.46 Å². The first kappa shape index (κ1) is 18.5. The molecule has 0 heterocycles. The summed E-state index contributed by atoms with van der Waals surface area (Å²) in [6.07, 6.45) is 0. The monoisotopic (exact) mass is 347 g/mol. The molecule has 1 N–H and O–H groups in total. The molecule has 0 aliphatic rings. The number of benzene rings is 2. The average molecular weight is 347 g/mol. The maximum absolute atomic E-state index is 12.8. The first-order valence-electron chi connectivity index (χ1n) is 7.91. The molecular weight excluding hydrogens is 322 g/mol. The first-order valence-corrected chi connectivity index (χ1v) is 9.39. The van der Waals surface area contributed by atoms with E-state index < -0.39 is 10.0 Å². The Kier molecular flexibility index (Phi) is 5.35. The summed E-state index contributed by atoms with van der Waals surface area (Å²) in [6, 6.07) is 9.04. The van der Waals surface area contributed by atoms with E-state index in [1.807, 2.05) is 45.9 Å². The Morgan fingerprint density at radius 1 is 1.00 bits per heavy atom. The number of methoxy groups -OCH3 is 1. The highest BCUT2D eigenvalue weighted by atomic mass is 32.2. The summed E-state index contributed by atoms with van der Waals surface area (Å²) >= 11 is 0. The normalized spacial score (nSPS) is 12.9. The second-order valence-electron chi connectivity index (χ2n) is 6.22. The molecule has 0 aromatic heterocycles. The molecule has 0 amide bonds. The van der Waals surface area contributed by atoms with Crippen molar-refractivity contribution in [3.8, 4) is 5.75 Å². The lowest BCUT2D eigenvalue weighted by atomic mass is 10.0. The van der Waals surface area contributed by atoms with Crippen molar-refractivity contribution in [2.45, 2.75) is 45.6 Å². The molecule has 2 aromatic carbocycles. The number of hydrogen-bond donors (Lipinski definition) is 1. The van der Waals surface area contributed by atoms with Crippen LogP contribution >= 0.6 is 0 Å². The van der Waals surface area contributed by atoms with Gasteiger partial charge in [-0.05, 0) is 69.0 Å². The van der Waals surface area contributed by atoms with Gasteiger partial charge in [0.2, 0.25) is 10.0 Å². The summed E-state index contributed by atoms with van der Waals surface area (Å²) in [5.41, 5.74) is 4.70. The number of rotatable bonds is 5. The maximum atomic E-state index is 12.8. The van der Waals surface area contributed by atoms with Crippen molar-refractivity contribution in [2.24, 2.45) is 0 Å². The number of hydrogen-bond acceptors (Lipinski definition) is 3. The average Bonchev–Trinajstić information content (AvgIpc) is 2.51. The van der Waals surface area contributed by atoms with Crippen molar-refractivity contribution in [3.05, 3.63) is 58.1 Å². The van der Waals surface area contributed by atoms with Crippen molar-refractivity contribution in [2.75, 3.05) is 7.11 Å². The van der Waals surface area contributed by atoms with Gasteiger partial charge in [-0.25, -0.2) is 13.1 Å². The van der Waals surface area contributed by atoms with Crippen molar-refractivity contribution in [1.29, 1.82) is 0 Å². The Morgan fingerprint density at radius 2 is 1.67 bits per heavy atom. The van der Waals surface area contributed by atoms with E-state index in [-0.39, 0.29) is 10.9 Å². The highest BCUT2D eigenvalue weighted by molar-refractivity contribution is 7.89. The van der Waals surface area contributed by atoms with Gasteiger partial charge >= 0.3 is 0 Å². The lowest BCUT2D eigenvalue weighted by molar-refractivity contribution is 0.410. The Morgan fingerprint density at radius 3 is 2.29 bits per heavy atom. The van der Waals surface area contributed by atoms with E-state index >= 15 is 0 Å². The van der Waals surface area contributed by atoms with Crippen LogP contribution in [-0.4, -0.2) is 15.5 Å². The van der Waals surface area contributed by atoms with Gasteiger partial charge in [0.15, 0.2) is 0 Å². The van der Waals surface area contributed by atoms with E-state index in [0.29, 0.717) is 11.3 Å². The minimum absolute atomic E-state index is 0.290. The van der Waals surface area contributed by atoms with Crippen molar-refractivity contribution in [3.63, 3.8) is 0 Å². The smallest absolute Gasteiger partial charge is 0.241 e. The summed E-state index contributed by atoms with van der Waals surface area (Å²) < 4.78 is 33.7. The minimum atomic E-state index is -3.62. The van der Waals surface area contributed by atoms with Crippen LogP contribution in [0.1, 0.15) is 40.8 Å². The lowest BCUT2D eigenvalue weighted by Gasteiger charge is -2.19. The van der Waals surface area contributed by atoms with Gasteiger partial charge in [0.1, 0.15) is 5.75 Å². The molecule has 2 rings (SSSR count). The second-order valence-corrected chi connectivity index (χ2v) is 7.90. The third kappa shape index (κ3) is 3.62. The predicted molar refractivity (Wildman–Crippen MR) is 97.1 cm³/mol. The largest absolute Gasteiger partial charge is 0.496 e. The third-order valence-corrected chi connectivity index (χ3v) is 6.12. The Labute approximate surface area is 144 Å². The fourth-order valence-corrected chi connectivity index (χ4v) is 4.39. The molecule has 0 unspecified atom stereocenters. The van der Waals surface area contributed by atoms with Crippen LogP contribution in [0.25, 0.3) is 0 Å². The quantitative estimate of drug-likeness (QED) is 0.890. The maximum Gasteiger partial charge on any atom is 0.241 e. The Bertz CT molecular complexity index is 857. The highest BCUT2D eigenvalue weighted by Crippen LogP contribution is 2.28. The zero-order chi connectivity index (χ0) is 18.1. The molecule has 24 heavy (non-hydrogen) atoms. The molecule has 0 fully saturated rings. The molecule has 0 aliphatic carbocycles. The molecule has 0 spiro atoms. The molecular formula is C19H25NO3S. The van der Waals surface area contributed by atoms with Gasteiger partial charge in [-0.2, -0.15) is 0 Å². The van der Waals surface area contributed by atoms with Crippen LogP contribution in [0.3, 0.4) is 0 Å². The van der Waals surface area contributed by atoms with Gasteiger partial charge < -0.3 is 4.74 Å². The standard InChI is InChI=1S/C19H25NO3S/c1-12-7-8-13(2)17(11-12)16(5)20-24(21,22)19-10-9-18(23-6)14(3)15(19)4/h7-11,16,20H,1-6H3/t16-/m0/s1. The Hall–Kier alpha value is -1.85. The van der Waals surface area contributed by atoms with Gasteiger partial charge in [0.05, 0.1) is 12.0 Å². The summed E-state index contributed by atoms with van der Waals surface area (Å²) in [7, 11) is -2.04. The predicted octanol–water partition coefficient (Wildman–Crippen LogP) is 3.97. The lowest BCUT2D eigenvalue weighted by Crippen LogP contribution is -2.28. The van der Waals surface area contributed by atoms with E-state index in [9.17, 15) is 8.42 Å². The molecule has 2 aromatic rings. The highest BCUT2D eigenvalue weighted by Gasteiger charge is 2.23. The van der Waals surface area contributed by atoms with Crippen LogP contribution in [0, 0.1) is 27.7 Å². The topological polar surface area (TPSA) is 55.4 Å². The van der Waals surface area contributed by atoms with Crippen LogP contribution in [0.15, 0.2) is 35.2 Å². The molecule has 0 saturated heterocycles. The van der Waals surface area contributed by atoms with Gasteiger partial charge in [-0.1, -0.05) is 23.8 Å². The molecule has 130 valence electrons. The van der Waals surface area contributed by atoms with Gasteiger partial charge in [-0.15, -0.1) is 0 Å². The zero-order valence-electron chi connectivity index (χ0n) is 15.1. The molecule has 0 saturated carbocycles. The molecule has 4 nitrogen and oxygen atoms in total. The second kappa shape index (κ2) is 6.95. The van der Waals surface area contributed by atoms with E-state index in [1.54, 1.807) is 26.2 Å². The number of sulfonamides is 1. The number of ether oxygens (including phenoxy) is 1. The zero-order valence-corrected chi connectivity index (χ0v) is 15.9. The summed E-state index contributed by atoms with van der Waals surface area (Å²) in [4.78, 5) is 0.290. The fourth-order valence-electron chi connectivity index (χ4n) is 2.87. The van der Waals surface area contributed by atoms with Gasteiger partial charge in [0, 0.05) is 6.04 Å². The van der Waals surface area contributed by atoms with Crippen molar-refractivity contribution in [1.82, 2.24) is 4.72 Å². The number of aryl methyl sites for hydroxylation is 2. The molecule has 0 bridgehead atoms. The van der Waals surface area contributed by atoms with Gasteiger partial charge in [-0.3, -0.25) is 0 Å². The van der Waals surface area contributed by atoms with Crippen LogP contribution in [0.2, 0.25) is 0 Å². The molecule has 1 atom stereocenters. The van der Waals surface area contributed by atoms with Crippen LogP contribution in [0.5, 0.6) is 5.75 Å². The van der Waals surface area contributed by atoms with Gasteiger partial charge in [0.25, 0.3) is 0 Å². The fraction of sp³-hybridized carbons (Fsp3) is 0.368. The van der Waals surface area contributed by atoms with Crippen LogP contribution in [0.4, 0.5) is 0 Å². The summed E-state index contributed by atoms with van der Waals surface area (Å²) in [5, 5.41) is 0. The van der Waals surface area contributed by atoms with Crippen LogP contribution in [-0.2, 0) is 10.0 Å². The van der Waals surface area contributed by atoms with E-state index in [1.165, 1.54) is 0 Å². The Balaban J connectivity index is 2.38. The van der Waals surface area contributed by atoms with E-state index in [0.717, 1.165) is 22.3 Å². The van der Waals surface area contributed by atoms with E-state index in [2.05, 4.69) is 4.72 Å². The number of nitrogens with one attached hydrogen (secondary N) is 1. The minimum Gasteiger partial charge on any atom is -0.496 e. The first-order chi connectivity index (χ1) is 11.2. The molecule has 0 radical (unpaired) electrons. The summed E-state index contributed by atoms with van der Waals surface area (Å²) in [5.74, 6) is 0.689. The molecule has 0 aliphatic heterocycles. The molecule has 5 heteroatoms. The van der Waals surface area contributed by atoms with Crippen molar-refractivity contribution < 1.29 is 13.2 Å².